The summed E-state index contributed by atoms with van der Waals surface area (Å²) >= 11 is 0. The smallest absolute Gasteiger partial charge is 0.207 e. The highest BCUT2D eigenvalue weighted by Gasteiger charge is 2.16. The maximum atomic E-state index is 12.6. The summed E-state index contributed by atoms with van der Waals surface area (Å²) in [5, 5.41) is 0. The molecule has 0 saturated heterocycles. The van der Waals surface area contributed by atoms with E-state index in [1.165, 1.54) is 24.3 Å². The quantitative estimate of drug-likeness (QED) is 0.759. The van der Waals surface area contributed by atoms with Crippen LogP contribution in [0.4, 0.5) is 12.7 Å². The lowest BCUT2D eigenvalue weighted by Crippen LogP contribution is -1.94. The lowest BCUT2D eigenvalue weighted by Gasteiger charge is -1.95. The molecular formula is C12H8ClF3O4S2. The van der Waals surface area contributed by atoms with Crippen molar-refractivity contribution in [3.8, 4) is 0 Å². The van der Waals surface area contributed by atoms with Crippen LogP contribution in [-0.4, -0.2) is 16.8 Å². The largest absolute Gasteiger partial charge is 0.335 e. The molecule has 0 radical (unpaired) electrons. The Kier molecular flexibility index (Phi) is 5.98. The minimum Gasteiger partial charge on any atom is -0.207 e. The first-order valence-electron chi connectivity index (χ1n) is 5.42. The molecule has 2 aromatic rings. The van der Waals surface area contributed by atoms with Gasteiger partial charge in [0.05, 0.1) is 0 Å². The second kappa shape index (κ2) is 7.12. The second-order valence-corrected chi connectivity index (χ2v) is 7.59. The van der Waals surface area contributed by atoms with E-state index in [9.17, 15) is 29.5 Å². The molecule has 2 aromatic carbocycles. The molecule has 0 amide bonds. The molecule has 0 bridgehead atoms. The molecule has 4 nitrogen and oxygen atoms in total. The van der Waals surface area contributed by atoms with E-state index in [-0.39, 0.29) is 0 Å². The van der Waals surface area contributed by atoms with Crippen LogP contribution in [0.15, 0.2) is 58.3 Å². The van der Waals surface area contributed by atoms with Crippen molar-refractivity contribution in [2.75, 3.05) is 0 Å². The van der Waals surface area contributed by atoms with Crippen molar-refractivity contribution in [1.82, 2.24) is 0 Å². The lowest BCUT2D eigenvalue weighted by molar-refractivity contribution is 0.533. The second-order valence-electron chi connectivity index (χ2n) is 3.74. The van der Waals surface area contributed by atoms with E-state index in [4.69, 9.17) is 10.7 Å². The molecule has 0 atom stereocenters. The summed E-state index contributed by atoms with van der Waals surface area (Å²) in [4.78, 5) is -1.40. The zero-order chi connectivity index (χ0) is 17.0. The minimum atomic E-state index is -4.91. The van der Waals surface area contributed by atoms with Crippen LogP contribution in [-0.2, 0) is 19.3 Å². The Balaban J connectivity index is 0.000000220. The minimum absolute atomic E-state index is 0.485. The van der Waals surface area contributed by atoms with Gasteiger partial charge in [0.1, 0.15) is 21.4 Å². The van der Waals surface area contributed by atoms with Gasteiger partial charge in [-0.1, -0.05) is 24.3 Å². The van der Waals surface area contributed by atoms with Gasteiger partial charge in [0.2, 0.25) is 0 Å². The van der Waals surface area contributed by atoms with Gasteiger partial charge in [-0.15, -0.1) is 3.89 Å². The van der Waals surface area contributed by atoms with E-state index in [0.29, 0.717) is 0 Å². The van der Waals surface area contributed by atoms with E-state index in [1.807, 2.05) is 0 Å². The molecule has 120 valence electrons. The maximum absolute atomic E-state index is 12.6. The van der Waals surface area contributed by atoms with E-state index in [2.05, 4.69) is 0 Å². The predicted molar refractivity (Wildman–Crippen MR) is 74.1 cm³/mol. The van der Waals surface area contributed by atoms with Crippen molar-refractivity contribution in [1.29, 1.82) is 0 Å². The molecule has 0 aromatic heterocycles. The summed E-state index contributed by atoms with van der Waals surface area (Å²) in [6.07, 6.45) is 0. The van der Waals surface area contributed by atoms with Crippen LogP contribution in [0.25, 0.3) is 0 Å². The van der Waals surface area contributed by atoms with Crippen LogP contribution in [0.5, 0.6) is 0 Å². The van der Waals surface area contributed by atoms with Crippen molar-refractivity contribution in [2.45, 2.75) is 9.79 Å². The summed E-state index contributed by atoms with van der Waals surface area (Å²) in [6, 6.07) is 9.21. The highest BCUT2D eigenvalue weighted by atomic mass is 35.7. The molecule has 0 aliphatic rings. The highest BCUT2D eigenvalue weighted by molar-refractivity contribution is 8.13. The molecule has 2 rings (SSSR count). The molecule has 10 heteroatoms. The van der Waals surface area contributed by atoms with Crippen molar-refractivity contribution in [2.24, 2.45) is 0 Å². The van der Waals surface area contributed by atoms with Crippen molar-refractivity contribution in [3.05, 3.63) is 60.2 Å². The third-order valence-corrected chi connectivity index (χ3v) is 4.41. The molecule has 0 spiro atoms. The number of hydrogen-bond donors (Lipinski definition) is 0. The Morgan fingerprint density at radius 2 is 1.09 bits per heavy atom. The SMILES string of the molecule is O=S(=O)(Cl)c1ccccc1F.O=S(=O)(F)c1ccccc1F. The summed E-state index contributed by atoms with van der Waals surface area (Å²) in [5.74, 6) is -1.91. The lowest BCUT2D eigenvalue weighted by atomic mass is 10.4. The van der Waals surface area contributed by atoms with E-state index >= 15 is 0 Å². The molecule has 0 fully saturated rings. The van der Waals surface area contributed by atoms with Gasteiger partial charge in [0.15, 0.2) is 0 Å². The highest BCUT2D eigenvalue weighted by Crippen LogP contribution is 2.17. The van der Waals surface area contributed by atoms with E-state index < -0.39 is 40.7 Å². The average molecular weight is 373 g/mol. The van der Waals surface area contributed by atoms with Gasteiger partial charge < -0.3 is 0 Å². The van der Waals surface area contributed by atoms with Crippen LogP contribution in [0.3, 0.4) is 0 Å². The number of hydrogen-bond acceptors (Lipinski definition) is 4. The Morgan fingerprint density at radius 1 is 0.727 bits per heavy atom. The number of rotatable bonds is 2. The number of halogens is 4. The Hall–Kier alpha value is -1.58. The molecule has 0 aliphatic carbocycles. The molecule has 22 heavy (non-hydrogen) atoms. The maximum Gasteiger partial charge on any atom is 0.335 e. The Morgan fingerprint density at radius 3 is 1.32 bits per heavy atom. The van der Waals surface area contributed by atoms with Crippen molar-refractivity contribution < 1.29 is 29.5 Å². The summed E-state index contributed by atoms with van der Waals surface area (Å²) in [7, 11) is -3.95. The normalized spacial score (nSPS) is 11.5. The molecule has 0 N–H and O–H groups in total. The van der Waals surface area contributed by atoms with E-state index in [0.717, 1.165) is 24.3 Å². The van der Waals surface area contributed by atoms with E-state index in [1.54, 1.807) is 0 Å². The molecule has 0 aliphatic heterocycles. The zero-order valence-corrected chi connectivity index (χ0v) is 13.0. The summed E-state index contributed by atoms with van der Waals surface area (Å²) in [6.45, 7) is 0. The predicted octanol–water partition coefficient (Wildman–Crippen LogP) is 3.24. The van der Waals surface area contributed by atoms with Gasteiger partial charge in [-0.05, 0) is 24.3 Å². The van der Waals surface area contributed by atoms with Gasteiger partial charge in [-0.25, -0.2) is 17.2 Å². The zero-order valence-electron chi connectivity index (χ0n) is 10.6. The Bertz CT molecular complexity index is 794. The van der Waals surface area contributed by atoms with Crippen LogP contribution in [0, 0.1) is 11.6 Å². The first-order chi connectivity index (χ1) is 10.0. The Labute approximate surface area is 129 Å². The fourth-order valence-electron chi connectivity index (χ4n) is 1.28. The van der Waals surface area contributed by atoms with Crippen molar-refractivity contribution >= 4 is 30.0 Å². The van der Waals surface area contributed by atoms with Crippen LogP contribution >= 0.6 is 10.7 Å². The topological polar surface area (TPSA) is 68.3 Å². The fourth-order valence-corrected chi connectivity index (χ4v) is 2.74. The fraction of sp³-hybridized carbons (Fsp3) is 0. The van der Waals surface area contributed by atoms with Crippen LogP contribution < -0.4 is 0 Å². The number of benzene rings is 2. The van der Waals surface area contributed by atoms with Crippen LogP contribution in [0.1, 0.15) is 0 Å². The molecule has 0 saturated carbocycles. The standard InChI is InChI=1S/C6H4ClFO2S.C6H4F2O2S/c7-11(9,10)6-4-2-1-3-5(6)8;7-5-3-1-2-4-6(5)11(8,9)10/h2*1-4H. The van der Waals surface area contributed by atoms with Gasteiger partial charge in [-0.2, -0.15) is 8.42 Å². The summed E-state index contributed by atoms with van der Waals surface area (Å²) < 4.78 is 78.7. The van der Waals surface area contributed by atoms with Gasteiger partial charge >= 0.3 is 10.2 Å². The average Bonchev–Trinajstić information content (AvgIpc) is 2.37. The third-order valence-electron chi connectivity index (χ3n) is 2.20. The first kappa shape index (κ1) is 18.5. The van der Waals surface area contributed by atoms with Gasteiger partial charge in [-0.3, -0.25) is 0 Å². The molecule has 0 heterocycles. The van der Waals surface area contributed by atoms with Crippen molar-refractivity contribution in [3.63, 3.8) is 0 Å². The summed E-state index contributed by atoms with van der Waals surface area (Å²) in [5.41, 5.74) is 0. The van der Waals surface area contributed by atoms with Crippen LogP contribution in [0.2, 0.25) is 0 Å². The third kappa shape index (κ3) is 5.32. The molecule has 0 unspecified atom stereocenters. The first-order valence-corrected chi connectivity index (χ1v) is 9.11. The van der Waals surface area contributed by atoms with Gasteiger partial charge in [0.25, 0.3) is 9.05 Å². The monoisotopic (exact) mass is 372 g/mol. The van der Waals surface area contributed by atoms with Gasteiger partial charge in [0, 0.05) is 10.7 Å². The molecular weight excluding hydrogens is 365 g/mol.